The molecule has 0 fully saturated rings. The molecule has 0 saturated heterocycles. The summed E-state index contributed by atoms with van der Waals surface area (Å²) in [7, 11) is 0. The smallest absolute Gasteiger partial charge is 0.306 e. The Hall–Kier alpha value is -2.66. The highest BCUT2D eigenvalue weighted by molar-refractivity contribution is 5.70. The molecule has 0 saturated carbocycles. The molecule has 0 radical (unpaired) electrons. The second-order valence-corrected chi connectivity index (χ2v) is 13.9. The Morgan fingerprint density at radius 1 is 0.442 bits per heavy atom. The van der Waals surface area contributed by atoms with Gasteiger partial charge >= 0.3 is 11.9 Å². The van der Waals surface area contributed by atoms with E-state index in [1.54, 1.807) is 0 Å². The summed E-state index contributed by atoms with van der Waals surface area (Å²) in [4.78, 5) is 24.9. The van der Waals surface area contributed by atoms with Crippen molar-refractivity contribution in [3.05, 3.63) is 72.9 Å². The van der Waals surface area contributed by atoms with Gasteiger partial charge in [0.05, 0.1) is 6.61 Å². The first-order chi connectivity index (χ1) is 25.6. The standard InChI is InChI=1S/C47H80O5/c1-4-7-10-13-15-17-19-21-22-23-24-25-27-29-31-33-36-39-42-50-43-45(52-47(49)41-38-34-12-9-6-3)44-51-46(48)40-37-35-32-30-28-26-20-18-16-14-11-8-5-2/h7,10-11,14-15,17-18,20-22,24-25,45H,4-6,8-9,12-13,16,19,23,26-44H2,1-3H3/b10-7-,14-11-,17-15-,20-18-,22-21-,25-24-. The van der Waals surface area contributed by atoms with E-state index in [2.05, 4.69) is 93.7 Å². The predicted molar refractivity (Wildman–Crippen MR) is 224 cm³/mol. The van der Waals surface area contributed by atoms with Gasteiger partial charge in [-0.25, -0.2) is 0 Å². The monoisotopic (exact) mass is 725 g/mol. The largest absolute Gasteiger partial charge is 0.462 e. The van der Waals surface area contributed by atoms with Crippen LogP contribution in [-0.4, -0.2) is 37.9 Å². The normalized spacial score (nSPS) is 12.9. The van der Waals surface area contributed by atoms with Gasteiger partial charge in [0.25, 0.3) is 0 Å². The van der Waals surface area contributed by atoms with Crippen molar-refractivity contribution in [2.75, 3.05) is 19.8 Å². The molecule has 0 aromatic rings. The second-order valence-electron chi connectivity index (χ2n) is 13.9. The molecule has 5 nitrogen and oxygen atoms in total. The Morgan fingerprint density at radius 3 is 1.46 bits per heavy atom. The van der Waals surface area contributed by atoms with Crippen LogP contribution >= 0.6 is 0 Å². The fourth-order valence-electron chi connectivity index (χ4n) is 5.54. The molecule has 0 aromatic carbocycles. The lowest BCUT2D eigenvalue weighted by atomic mass is 10.1. The van der Waals surface area contributed by atoms with Gasteiger partial charge in [-0.05, 0) is 83.5 Å². The lowest BCUT2D eigenvalue weighted by Crippen LogP contribution is -2.30. The molecule has 0 rings (SSSR count). The zero-order valence-corrected chi connectivity index (χ0v) is 34.1. The molecule has 0 amide bonds. The van der Waals surface area contributed by atoms with Crippen molar-refractivity contribution in [1.29, 1.82) is 0 Å². The average molecular weight is 725 g/mol. The average Bonchev–Trinajstić information content (AvgIpc) is 3.14. The maximum absolute atomic E-state index is 12.5. The van der Waals surface area contributed by atoms with Crippen LogP contribution in [0.25, 0.3) is 0 Å². The van der Waals surface area contributed by atoms with E-state index >= 15 is 0 Å². The maximum Gasteiger partial charge on any atom is 0.306 e. The first-order valence-electron chi connectivity index (χ1n) is 21.5. The summed E-state index contributed by atoms with van der Waals surface area (Å²) < 4.78 is 17.1. The van der Waals surface area contributed by atoms with E-state index in [0.29, 0.717) is 19.4 Å². The van der Waals surface area contributed by atoms with E-state index in [1.807, 2.05) is 0 Å². The zero-order chi connectivity index (χ0) is 37.8. The molecule has 0 aliphatic carbocycles. The number of carbonyl (C=O) groups excluding carboxylic acids is 2. The van der Waals surface area contributed by atoms with Crippen LogP contribution in [0.2, 0.25) is 0 Å². The predicted octanol–water partition coefficient (Wildman–Crippen LogP) is 14.0. The quantitative estimate of drug-likeness (QED) is 0.0360. The van der Waals surface area contributed by atoms with Gasteiger partial charge in [-0.1, -0.05) is 164 Å². The third-order valence-corrected chi connectivity index (χ3v) is 8.71. The Bertz CT molecular complexity index is 957. The molecular formula is C47H80O5. The number of hydrogen-bond acceptors (Lipinski definition) is 5. The van der Waals surface area contributed by atoms with Gasteiger partial charge in [0.15, 0.2) is 6.10 Å². The van der Waals surface area contributed by atoms with Crippen molar-refractivity contribution in [2.24, 2.45) is 0 Å². The number of rotatable bonds is 38. The first kappa shape index (κ1) is 49.3. The van der Waals surface area contributed by atoms with Gasteiger partial charge < -0.3 is 14.2 Å². The highest BCUT2D eigenvalue weighted by Gasteiger charge is 2.17. The summed E-state index contributed by atoms with van der Waals surface area (Å²) in [5.74, 6) is -0.442. The topological polar surface area (TPSA) is 61.8 Å². The van der Waals surface area contributed by atoms with Crippen molar-refractivity contribution in [3.63, 3.8) is 0 Å². The van der Waals surface area contributed by atoms with E-state index in [4.69, 9.17) is 14.2 Å². The Morgan fingerprint density at radius 2 is 0.904 bits per heavy atom. The van der Waals surface area contributed by atoms with E-state index in [1.165, 1.54) is 57.8 Å². The van der Waals surface area contributed by atoms with Crippen LogP contribution in [0.4, 0.5) is 0 Å². The minimum absolute atomic E-state index is 0.0671. The van der Waals surface area contributed by atoms with Crippen LogP contribution in [0.3, 0.4) is 0 Å². The second kappa shape index (κ2) is 42.8. The number of hydrogen-bond donors (Lipinski definition) is 0. The molecule has 0 aliphatic heterocycles. The Balaban J connectivity index is 4.14. The maximum atomic E-state index is 12.5. The van der Waals surface area contributed by atoms with Gasteiger partial charge in [-0.3, -0.25) is 9.59 Å². The summed E-state index contributed by atoms with van der Waals surface area (Å²) in [6, 6.07) is 0. The lowest BCUT2D eigenvalue weighted by molar-refractivity contribution is -0.163. The van der Waals surface area contributed by atoms with Crippen LogP contribution in [0, 0.1) is 0 Å². The molecule has 298 valence electrons. The number of allylic oxidation sites excluding steroid dienone is 12. The summed E-state index contributed by atoms with van der Waals surface area (Å²) >= 11 is 0. The SMILES string of the molecule is CC/C=C\C/C=C\C/C=C\C/C=C\CCCCCCCOCC(COC(=O)CCCCCCC/C=C\C/C=C\CCC)OC(=O)CCCCCCC. The third kappa shape index (κ3) is 40.1. The van der Waals surface area contributed by atoms with Crippen LogP contribution in [0.15, 0.2) is 72.9 Å². The minimum Gasteiger partial charge on any atom is -0.462 e. The molecule has 5 heteroatoms. The number of carbonyl (C=O) groups is 2. The van der Waals surface area contributed by atoms with Crippen LogP contribution in [-0.2, 0) is 23.8 Å². The fourth-order valence-corrected chi connectivity index (χ4v) is 5.54. The molecule has 0 heterocycles. The molecule has 0 aliphatic rings. The van der Waals surface area contributed by atoms with Crippen LogP contribution < -0.4 is 0 Å². The zero-order valence-electron chi connectivity index (χ0n) is 34.1. The molecule has 0 N–H and O–H groups in total. The Labute approximate surface area is 321 Å². The van der Waals surface area contributed by atoms with Crippen molar-refractivity contribution in [1.82, 2.24) is 0 Å². The van der Waals surface area contributed by atoms with E-state index in [0.717, 1.165) is 96.3 Å². The van der Waals surface area contributed by atoms with Crippen molar-refractivity contribution < 1.29 is 23.8 Å². The molecule has 1 atom stereocenters. The van der Waals surface area contributed by atoms with Crippen molar-refractivity contribution in [3.8, 4) is 0 Å². The molecule has 1 unspecified atom stereocenters. The fraction of sp³-hybridized carbons (Fsp3) is 0.702. The van der Waals surface area contributed by atoms with Gasteiger partial charge in [0.1, 0.15) is 6.61 Å². The summed E-state index contributed by atoms with van der Waals surface area (Å²) in [5, 5.41) is 0. The van der Waals surface area contributed by atoms with Crippen molar-refractivity contribution in [2.45, 2.75) is 194 Å². The molecule has 0 bridgehead atoms. The molecule has 52 heavy (non-hydrogen) atoms. The van der Waals surface area contributed by atoms with Crippen LogP contribution in [0.1, 0.15) is 188 Å². The molecule has 0 spiro atoms. The third-order valence-electron chi connectivity index (χ3n) is 8.71. The van der Waals surface area contributed by atoms with E-state index < -0.39 is 6.10 Å². The van der Waals surface area contributed by atoms with Gasteiger partial charge in [-0.2, -0.15) is 0 Å². The van der Waals surface area contributed by atoms with E-state index in [-0.39, 0.29) is 25.2 Å². The van der Waals surface area contributed by atoms with Crippen molar-refractivity contribution >= 4 is 11.9 Å². The number of ether oxygens (including phenoxy) is 3. The molecular weight excluding hydrogens is 645 g/mol. The summed E-state index contributed by atoms with van der Waals surface area (Å²) in [6.07, 6.45) is 53.5. The Kier molecular flexibility index (Phi) is 40.6. The summed E-state index contributed by atoms with van der Waals surface area (Å²) in [6.45, 7) is 7.51. The van der Waals surface area contributed by atoms with Crippen LogP contribution in [0.5, 0.6) is 0 Å². The number of esters is 2. The minimum atomic E-state index is -0.548. The number of unbranched alkanes of at least 4 members (excludes halogenated alkanes) is 15. The molecule has 0 aromatic heterocycles. The summed E-state index contributed by atoms with van der Waals surface area (Å²) in [5.41, 5.74) is 0. The highest BCUT2D eigenvalue weighted by atomic mass is 16.6. The first-order valence-corrected chi connectivity index (χ1v) is 21.5. The highest BCUT2D eigenvalue weighted by Crippen LogP contribution is 2.11. The van der Waals surface area contributed by atoms with Gasteiger partial charge in [0, 0.05) is 19.4 Å². The van der Waals surface area contributed by atoms with E-state index in [9.17, 15) is 9.59 Å². The van der Waals surface area contributed by atoms with Gasteiger partial charge in [-0.15, -0.1) is 0 Å². The van der Waals surface area contributed by atoms with Gasteiger partial charge in [0.2, 0.25) is 0 Å². The lowest BCUT2D eigenvalue weighted by Gasteiger charge is -2.18.